The molecule has 1 atom stereocenters. The molecule has 38 heavy (non-hydrogen) atoms. The van der Waals surface area contributed by atoms with Crippen molar-refractivity contribution in [2.75, 3.05) is 44.2 Å². The Morgan fingerprint density at radius 2 is 1.92 bits per heavy atom. The zero-order chi connectivity index (χ0) is 26.6. The lowest BCUT2D eigenvalue weighted by Crippen LogP contribution is -2.48. The Morgan fingerprint density at radius 1 is 1.16 bits per heavy atom. The number of H-pyrrole nitrogens is 1. The fourth-order valence-corrected chi connectivity index (χ4v) is 5.43. The SMILES string of the molecule is CCC(=Nc1ccc(N2CCN(C(C)C)CC2)cc1)c1c(O)[nH]c2ccc(C(=O)NC[C@H]3CCCO3)cc12. The van der Waals surface area contributed by atoms with Gasteiger partial charge in [-0.3, -0.25) is 14.7 Å². The van der Waals surface area contributed by atoms with Gasteiger partial charge in [0.15, 0.2) is 5.88 Å². The molecule has 3 aromatic rings. The van der Waals surface area contributed by atoms with Crippen molar-refractivity contribution >= 4 is 33.9 Å². The monoisotopic (exact) mass is 517 g/mol. The van der Waals surface area contributed by atoms with Crippen molar-refractivity contribution in [1.82, 2.24) is 15.2 Å². The largest absolute Gasteiger partial charge is 0.494 e. The number of ether oxygens (including phenoxy) is 1. The fourth-order valence-electron chi connectivity index (χ4n) is 5.43. The van der Waals surface area contributed by atoms with Gasteiger partial charge in [-0.15, -0.1) is 0 Å². The molecule has 2 aliphatic rings. The molecule has 0 spiro atoms. The van der Waals surface area contributed by atoms with E-state index in [0.29, 0.717) is 30.1 Å². The summed E-state index contributed by atoms with van der Waals surface area (Å²) in [6.45, 7) is 12.0. The van der Waals surface area contributed by atoms with Gasteiger partial charge in [-0.05, 0) is 75.6 Å². The maximum atomic E-state index is 12.8. The number of aromatic nitrogens is 1. The van der Waals surface area contributed by atoms with Crippen molar-refractivity contribution in [1.29, 1.82) is 0 Å². The van der Waals surface area contributed by atoms with Crippen molar-refractivity contribution in [3.63, 3.8) is 0 Å². The van der Waals surface area contributed by atoms with Gasteiger partial charge < -0.3 is 25.0 Å². The van der Waals surface area contributed by atoms with Crippen LogP contribution >= 0.6 is 0 Å². The molecule has 2 saturated heterocycles. The molecule has 0 bridgehead atoms. The van der Waals surface area contributed by atoms with E-state index in [-0.39, 0.29) is 17.9 Å². The van der Waals surface area contributed by atoms with Crippen LogP contribution in [0, 0.1) is 0 Å². The molecule has 8 heteroatoms. The van der Waals surface area contributed by atoms with E-state index < -0.39 is 0 Å². The summed E-state index contributed by atoms with van der Waals surface area (Å²) in [6, 6.07) is 14.4. The molecule has 3 N–H and O–H groups in total. The fraction of sp³-hybridized carbons (Fsp3) is 0.467. The van der Waals surface area contributed by atoms with E-state index in [4.69, 9.17) is 9.73 Å². The van der Waals surface area contributed by atoms with Crippen LogP contribution in [0.15, 0.2) is 47.5 Å². The maximum absolute atomic E-state index is 12.8. The second kappa shape index (κ2) is 11.6. The summed E-state index contributed by atoms with van der Waals surface area (Å²) in [5.74, 6) is -0.0778. The molecule has 0 saturated carbocycles. The topological polar surface area (TPSA) is 93.2 Å². The number of aliphatic imine (C=N–C) groups is 1. The first kappa shape index (κ1) is 26.3. The third-order valence-corrected chi connectivity index (χ3v) is 7.70. The van der Waals surface area contributed by atoms with E-state index in [1.54, 1.807) is 6.07 Å². The van der Waals surface area contributed by atoms with E-state index in [0.717, 1.165) is 67.9 Å². The van der Waals surface area contributed by atoms with Gasteiger partial charge in [-0.25, -0.2) is 0 Å². The highest BCUT2D eigenvalue weighted by molar-refractivity contribution is 6.14. The molecule has 1 amide bonds. The second-order valence-corrected chi connectivity index (χ2v) is 10.5. The standard InChI is InChI=1S/C30H39N5O3/c1-4-26(32-22-8-10-23(11-9-22)35-15-13-34(14-16-35)20(2)3)28-25-18-21(7-12-27(25)33-30(28)37)29(36)31-19-24-6-5-17-38-24/h7-12,18,20,24,33,37H,4-6,13-17,19H2,1-3H3,(H,31,36)/t24-/m1/s1. The minimum atomic E-state index is -0.145. The van der Waals surface area contributed by atoms with Crippen LogP contribution in [0.5, 0.6) is 5.88 Å². The molecule has 202 valence electrons. The van der Waals surface area contributed by atoms with E-state index in [1.165, 1.54) is 5.69 Å². The number of piperazine rings is 1. The number of benzene rings is 2. The van der Waals surface area contributed by atoms with Crippen molar-refractivity contribution in [3.8, 4) is 5.88 Å². The molecular formula is C30H39N5O3. The third-order valence-electron chi connectivity index (χ3n) is 7.70. The number of carbonyl (C=O) groups excluding carboxylic acids is 1. The lowest BCUT2D eigenvalue weighted by atomic mass is 10.0. The summed E-state index contributed by atoms with van der Waals surface area (Å²) in [5.41, 5.74) is 4.78. The number of aromatic hydroxyl groups is 1. The first-order valence-electron chi connectivity index (χ1n) is 13.8. The van der Waals surface area contributed by atoms with Gasteiger partial charge >= 0.3 is 0 Å². The van der Waals surface area contributed by atoms with Crippen molar-refractivity contribution in [2.45, 2.75) is 52.2 Å². The Kier molecular flexibility index (Phi) is 8.00. The number of hydrogen-bond donors (Lipinski definition) is 3. The zero-order valence-electron chi connectivity index (χ0n) is 22.7. The van der Waals surface area contributed by atoms with Crippen LogP contribution < -0.4 is 10.2 Å². The quantitative estimate of drug-likeness (QED) is 0.372. The Balaban J connectivity index is 1.34. The van der Waals surface area contributed by atoms with Crippen LogP contribution in [0.3, 0.4) is 0 Å². The van der Waals surface area contributed by atoms with E-state index in [9.17, 15) is 9.90 Å². The second-order valence-electron chi connectivity index (χ2n) is 10.5. The maximum Gasteiger partial charge on any atom is 0.251 e. The molecule has 5 rings (SSSR count). The average molecular weight is 518 g/mol. The van der Waals surface area contributed by atoms with Crippen LogP contribution in [0.2, 0.25) is 0 Å². The molecule has 0 unspecified atom stereocenters. The number of anilines is 1. The van der Waals surface area contributed by atoms with Crippen LogP contribution in [-0.2, 0) is 4.74 Å². The summed E-state index contributed by atoms with van der Waals surface area (Å²) < 4.78 is 5.62. The summed E-state index contributed by atoms with van der Waals surface area (Å²) in [6.07, 6.45) is 2.73. The Morgan fingerprint density at radius 3 is 2.58 bits per heavy atom. The molecule has 0 radical (unpaired) electrons. The summed E-state index contributed by atoms with van der Waals surface area (Å²) in [5, 5.41) is 14.6. The van der Waals surface area contributed by atoms with E-state index in [1.807, 2.05) is 31.2 Å². The minimum Gasteiger partial charge on any atom is -0.494 e. The van der Waals surface area contributed by atoms with Crippen LogP contribution in [0.25, 0.3) is 10.9 Å². The number of hydrogen-bond acceptors (Lipinski definition) is 6. The van der Waals surface area contributed by atoms with Crippen molar-refractivity contribution < 1.29 is 14.6 Å². The summed E-state index contributed by atoms with van der Waals surface area (Å²) in [4.78, 5) is 25.7. The van der Waals surface area contributed by atoms with Crippen LogP contribution in [0.4, 0.5) is 11.4 Å². The number of amides is 1. The number of aromatic amines is 1. The lowest BCUT2D eigenvalue weighted by molar-refractivity contribution is 0.0858. The molecular weight excluding hydrogens is 478 g/mol. The zero-order valence-corrected chi connectivity index (χ0v) is 22.7. The Labute approximate surface area is 224 Å². The van der Waals surface area contributed by atoms with Crippen LogP contribution in [0.1, 0.15) is 56.0 Å². The van der Waals surface area contributed by atoms with Gasteiger partial charge in [0.25, 0.3) is 5.91 Å². The predicted molar refractivity (Wildman–Crippen MR) is 153 cm³/mol. The minimum absolute atomic E-state index is 0.0668. The number of fused-ring (bicyclic) bond motifs is 1. The molecule has 2 fully saturated rings. The molecule has 2 aliphatic heterocycles. The Bertz CT molecular complexity index is 1280. The van der Waals surface area contributed by atoms with Gasteiger partial charge in [-0.1, -0.05) is 6.92 Å². The third kappa shape index (κ3) is 5.71. The molecule has 1 aromatic heterocycles. The van der Waals surface area contributed by atoms with Gasteiger partial charge in [-0.2, -0.15) is 0 Å². The molecule has 8 nitrogen and oxygen atoms in total. The van der Waals surface area contributed by atoms with Gasteiger partial charge in [0.2, 0.25) is 0 Å². The first-order chi connectivity index (χ1) is 18.4. The highest BCUT2D eigenvalue weighted by Crippen LogP contribution is 2.31. The van der Waals surface area contributed by atoms with Crippen molar-refractivity contribution in [2.24, 2.45) is 4.99 Å². The number of carbonyl (C=O) groups is 1. The highest BCUT2D eigenvalue weighted by Gasteiger charge is 2.21. The lowest BCUT2D eigenvalue weighted by Gasteiger charge is -2.38. The molecule has 0 aliphatic carbocycles. The predicted octanol–water partition coefficient (Wildman–Crippen LogP) is 4.84. The number of nitrogens with zero attached hydrogens (tertiary/aromatic N) is 3. The smallest absolute Gasteiger partial charge is 0.251 e. The van der Waals surface area contributed by atoms with Gasteiger partial charge in [0, 0.05) is 67.5 Å². The molecule has 2 aromatic carbocycles. The van der Waals surface area contributed by atoms with E-state index in [2.05, 4.69) is 46.1 Å². The first-order valence-corrected chi connectivity index (χ1v) is 13.8. The van der Waals surface area contributed by atoms with Gasteiger partial charge in [0.1, 0.15) is 0 Å². The van der Waals surface area contributed by atoms with Crippen LogP contribution in [-0.4, -0.2) is 78.1 Å². The van der Waals surface area contributed by atoms with Crippen molar-refractivity contribution in [3.05, 3.63) is 53.6 Å². The van der Waals surface area contributed by atoms with E-state index >= 15 is 0 Å². The normalized spacial score (nSPS) is 19.0. The summed E-state index contributed by atoms with van der Waals surface area (Å²) in [7, 11) is 0. The molecule has 3 heterocycles. The highest BCUT2D eigenvalue weighted by atomic mass is 16.5. The number of rotatable bonds is 8. The summed E-state index contributed by atoms with van der Waals surface area (Å²) >= 11 is 0. The Hall–Kier alpha value is -3.36. The van der Waals surface area contributed by atoms with Gasteiger partial charge in [0.05, 0.1) is 23.1 Å². The average Bonchev–Trinajstić information content (AvgIpc) is 3.57. The number of nitrogens with one attached hydrogen (secondary N) is 2.